The van der Waals surface area contributed by atoms with Gasteiger partial charge in [-0.15, -0.1) is 0 Å². The van der Waals surface area contributed by atoms with E-state index in [1.54, 1.807) is 0 Å². The van der Waals surface area contributed by atoms with Crippen LogP contribution in [0.1, 0.15) is 6.92 Å². The Morgan fingerprint density at radius 1 is 0.609 bits per heavy atom. The Labute approximate surface area is 147 Å². The van der Waals surface area contributed by atoms with E-state index in [0.717, 1.165) is 15.9 Å². The monoisotopic (exact) mass is 360 g/mol. The fraction of sp³-hybridized carbons (Fsp3) is 0.100. The van der Waals surface area contributed by atoms with E-state index >= 15 is 0 Å². The van der Waals surface area contributed by atoms with Gasteiger partial charge in [-0.25, -0.2) is 0 Å². The number of rotatable bonds is 4. The van der Waals surface area contributed by atoms with Crippen molar-refractivity contribution < 1.29 is 0 Å². The summed E-state index contributed by atoms with van der Waals surface area (Å²) in [4.78, 5) is 0. The van der Waals surface area contributed by atoms with Crippen molar-refractivity contribution in [1.82, 2.24) is 0 Å². The van der Waals surface area contributed by atoms with Gasteiger partial charge in [-0.05, 0) is 0 Å². The van der Waals surface area contributed by atoms with Gasteiger partial charge < -0.3 is 0 Å². The number of hydrogen-bond acceptors (Lipinski definition) is 0. The molecule has 0 heterocycles. The van der Waals surface area contributed by atoms with Crippen LogP contribution in [0.4, 0.5) is 0 Å². The van der Waals surface area contributed by atoms with Gasteiger partial charge in [0.05, 0.1) is 0 Å². The van der Waals surface area contributed by atoms with Crippen LogP contribution in [-0.2, 0) is 0 Å². The van der Waals surface area contributed by atoms with Crippen molar-refractivity contribution in [1.29, 1.82) is 0 Å². The zero-order chi connectivity index (χ0) is 16.4. The Morgan fingerprint density at radius 3 is 1.09 bits per heavy atom. The summed E-state index contributed by atoms with van der Waals surface area (Å²) in [5.41, 5.74) is 0. The topological polar surface area (TPSA) is 0 Å². The van der Waals surface area contributed by atoms with Crippen molar-refractivity contribution in [3.63, 3.8) is 0 Å². The third-order valence-electron chi connectivity index (χ3n) is 4.45. The maximum absolute atomic E-state index is 7.71. The average molecular weight is 361 g/mol. The Hall–Kier alpha value is -1.33. The normalized spacial score (nSPS) is 14.7. The van der Waals surface area contributed by atoms with Crippen molar-refractivity contribution in [3.05, 3.63) is 91.0 Å². The molecule has 1 unspecified atom stereocenters. The molecule has 0 N–H and O–H groups in total. The minimum atomic E-state index is -3.27. The first kappa shape index (κ1) is 16.5. The van der Waals surface area contributed by atoms with E-state index in [1.807, 2.05) is 61.5 Å². The molecular weight excluding hydrogens is 342 g/mol. The van der Waals surface area contributed by atoms with E-state index in [-0.39, 0.29) is 5.12 Å². The van der Waals surface area contributed by atoms with Crippen LogP contribution in [0.25, 0.3) is 0 Å². The summed E-state index contributed by atoms with van der Waals surface area (Å²) in [6.45, 7) is 2.01. The van der Waals surface area contributed by atoms with Gasteiger partial charge in [0.1, 0.15) is 0 Å². The molecule has 1 atom stereocenters. The molecule has 0 amide bonds. The van der Waals surface area contributed by atoms with Gasteiger partial charge in [-0.1, -0.05) is 0 Å². The summed E-state index contributed by atoms with van der Waals surface area (Å²) in [6.07, 6.45) is 0. The Bertz CT molecular complexity index is 671. The molecule has 0 bridgehead atoms. The molecule has 0 fully saturated rings. The van der Waals surface area contributed by atoms with E-state index in [4.69, 9.17) is 22.8 Å². The Morgan fingerprint density at radius 2 is 0.870 bits per heavy atom. The number of alkyl halides is 1. The fourth-order valence-electron chi connectivity index (χ4n) is 3.22. The van der Waals surface area contributed by atoms with Crippen LogP contribution in [0.3, 0.4) is 0 Å². The quantitative estimate of drug-likeness (QED) is 0.440. The van der Waals surface area contributed by atoms with Gasteiger partial charge in [0, 0.05) is 0 Å². The average Bonchev–Trinajstić information content (AvgIpc) is 2.63. The zero-order valence-corrected chi connectivity index (χ0v) is 15.3. The van der Waals surface area contributed by atoms with Crippen LogP contribution in [0.15, 0.2) is 91.0 Å². The van der Waals surface area contributed by atoms with Crippen molar-refractivity contribution >= 4 is 44.7 Å². The van der Waals surface area contributed by atoms with Crippen LogP contribution in [0.2, 0.25) is 0 Å². The molecule has 118 valence electrons. The molecule has 0 aliphatic heterocycles. The fourth-order valence-corrected chi connectivity index (χ4v) is 9.64. The van der Waals surface area contributed by atoms with Gasteiger partial charge in [0.15, 0.2) is 0 Å². The van der Waals surface area contributed by atoms with E-state index < -0.39 is 5.96 Å². The van der Waals surface area contributed by atoms with Crippen LogP contribution < -0.4 is 15.9 Å². The van der Waals surface area contributed by atoms with E-state index in [1.165, 1.54) is 0 Å². The first-order chi connectivity index (χ1) is 11.1. The molecule has 0 spiro atoms. The standard InChI is InChI=1S/C20H19Cl2P/c1-17(21)23(22,18-11-5-2-6-12-18,19-13-7-3-8-14-19)20-15-9-4-10-16-20/h2-17H,1H3. The maximum atomic E-state index is 7.71. The van der Waals surface area contributed by atoms with Gasteiger partial charge in [-0.2, -0.15) is 0 Å². The molecule has 0 aromatic heterocycles. The molecule has 0 nitrogen and oxygen atoms in total. The molecule has 3 rings (SSSR count). The van der Waals surface area contributed by atoms with Crippen molar-refractivity contribution in [2.75, 3.05) is 0 Å². The van der Waals surface area contributed by atoms with Gasteiger partial charge in [0.2, 0.25) is 0 Å². The first-order valence-corrected chi connectivity index (χ1v) is 11.3. The molecule has 23 heavy (non-hydrogen) atoms. The van der Waals surface area contributed by atoms with Crippen LogP contribution in [-0.4, -0.2) is 5.12 Å². The van der Waals surface area contributed by atoms with E-state index in [0.29, 0.717) is 0 Å². The summed E-state index contributed by atoms with van der Waals surface area (Å²) in [6, 6.07) is 30.8. The van der Waals surface area contributed by atoms with Crippen molar-refractivity contribution in [2.45, 2.75) is 12.0 Å². The third-order valence-corrected chi connectivity index (χ3v) is 13.8. The molecule has 0 radical (unpaired) electrons. The van der Waals surface area contributed by atoms with Crippen LogP contribution in [0.5, 0.6) is 0 Å². The molecule has 0 saturated carbocycles. The van der Waals surface area contributed by atoms with Crippen molar-refractivity contribution in [2.24, 2.45) is 0 Å². The predicted octanol–water partition coefficient (Wildman–Crippen LogP) is 5.25. The Kier molecular flexibility index (Phi) is 4.52. The summed E-state index contributed by atoms with van der Waals surface area (Å²) < 4.78 is 0. The molecule has 3 aromatic carbocycles. The molecular formula is C20H19Cl2P. The molecule has 3 heteroatoms. The van der Waals surface area contributed by atoms with E-state index in [2.05, 4.69) is 36.4 Å². The second-order valence-corrected chi connectivity index (χ2v) is 13.2. The predicted molar refractivity (Wildman–Crippen MR) is 106 cm³/mol. The van der Waals surface area contributed by atoms with Gasteiger partial charge in [-0.3, -0.25) is 0 Å². The molecule has 3 aromatic rings. The van der Waals surface area contributed by atoms with Crippen molar-refractivity contribution in [3.8, 4) is 0 Å². The minimum absolute atomic E-state index is 0.241. The summed E-state index contributed by atoms with van der Waals surface area (Å²) in [5, 5.41) is 3.05. The summed E-state index contributed by atoms with van der Waals surface area (Å²) in [7, 11) is 0. The van der Waals surface area contributed by atoms with E-state index in [9.17, 15) is 0 Å². The number of benzene rings is 3. The van der Waals surface area contributed by atoms with Gasteiger partial charge in [0.25, 0.3) is 0 Å². The van der Waals surface area contributed by atoms with Gasteiger partial charge >= 0.3 is 148 Å². The molecule has 0 aliphatic carbocycles. The zero-order valence-electron chi connectivity index (χ0n) is 12.9. The second kappa shape index (κ2) is 6.29. The third kappa shape index (κ3) is 2.41. The summed E-state index contributed by atoms with van der Waals surface area (Å²) in [5.74, 6) is -3.27. The van der Waals surface area contributed by atoms with Crippen LogP contribution in [0, 0.1) is 0 Å². The SMILES string of the molecule is CC(Cl)P(Cl)(c1ccccc1)(c1ccccc1)c1ccccc1. The number of halogens is 2. The second-order valence-electron chi connectivity index (χ2n) is 5.65. The first-order valence-electron chi connectivity index (χ1n) is 7.63. The Balaban J connectivity index is 2.47. The molecule has 0 saturated heterocycles. The number of hydrogen-bond donors (Lipinski definition) is 0. The summed E-state index contributed by atoms with van der Waals surface area (Å²) >= 11 is 14.6. The van der Waals surface area contributed by atoms with Crippen LogP contribution >= 0.6 is 28.8 Å². The molecule has 0 aliphatic rings.